The molecule has 0 spiro atoms. The van der Waals surface area contributed by atoms with Crippen LogP contribution in [0.3, 0.4) is 0 Å². The molecule has 2 aromatic heterocycles. The molecule has 2 heterocycles. The average Bonchev–Trinajstić information content (AvgIpc) is 3.02. The van der Waals surface area contributed by atoms with Crippen LogP contribution in [0.15, 0.2) is 61.2 Å². The molecule has 3 rings (SSSR count). The van der Waals surface area contributed by atoms with Gasteiger partial charge in [-0.25, -0.2) is 4.98 Å². The molecule has 120 valence electrons. The molecule has 0 aliphatic rings. The molecular weight excluding hydrogens is 304 g/mol. The quantitative estimate of drug-likeness (QED) is 0.733. The van der Waals surface area contributed by atoms with E-state index in [2.05, 4.69) is 15.3 Å². The Labute approximate surface area is 139 Å². The molecule has 0 bridgehead atoms. The number of hydrogen-bond donors (Lipinski definition) is 1. The van der Waals surface area contributed by atoms with Crippen molar-refractivity contribution in [3.63, 3.8) is 0 Å². The number of hydrogen-bond acceptors (Lipinski definition) is 4. The maximum absolute atomic E-state index is 12.4. The van der Waals surface area contributed by atoms with E-state index in [0.717, 1.165) is 5.56 Å². The Bertz CT molecular complexity index is 871. The topological polar surface area (TPSA) is 76.9 Å². The van der Waals surface area contributed by atoms with Crippen LogP contribution < -0.4 is 5.32 Å². The van der Waals surface area contributed by atoms with E-state index >= 15 is 0 Å². The van der Waals surface area contributed by atoms with Crippen molar-refractivity contribution in [3.8, 4) is 0 Å². The standard InChI is InChI=1S/C18H16N4O2/c1-13(23)15-3-2-4-16(11-15)17(24)21-18-20-9-10-22(18)12-14-5-7-19-8-6-14/h2-11H,12H2,1H3,(H,20,21,24). The summed E-state index contributed by atoms with van der Waals surface area (Å²) in [4.78, 5) is 32.0. The lowest BCUT2D eigenvalue weighted by Crippen LogP contribution is -2.16. The molecule has 6 heteroatoms. The van der Waals surface area contributed by atoms with Gasteiger partial charge in [0.2, 0.25) is 5.95 Å². The van der Waals surface area contributed by atoms with Gasteiger partial charge in [-0.2, -0.15) is 0 Å². The number of carbonyl (C=O) groups is 2. The third kappa shape index (κ3) is 3.55. The molecule has 0 unspecified atom stereocenters. The highest BCUT2D eigenvalue weighted by Gasteiger charge is 2.11. The summed E-state index contributed by atoms with van der Waals surface area (Å²) in [5, 5.41) is 2.78. The minimum atomic E-state index is -0.305. The summed E-state index contributed by atoms with van der Waals surface area (Å²) in [6.07, 6.45) is 6.86. The normalized spacial score (nSPS) is 10.4. The first-order chi connectivity index (χ1) is 11.6. The van der Waals surface area contributed by atoms with E-state index in [0.29, 0.717) is 23.6 Å². The predicted octanol–water partition coefficient (Wildman–Crippen LogP) is 2.78. The number of amides is 1. The van der Waals surface area contributed by atoms with Gasteiger partial charge in [0.05, 0.1) is 6.54 Å². The number of nitrogens with zero attached hydrogens (tertiary/aromatic N) is 3. The molecule has 0 aliphatic carbocycles. The van der Waals surface area contributed by atoms with Crippen molar-refractivity contribution >= 4 is 17.6 Å². The van der Waals surface area contributed by atoms with Crippen LogP contribution in [0.25, 0.3) is 0 Å². The number of benzene rings is 1. The number of carbonyl (C=O) groups excluding carboxylic acids is 2. The molecule has 0 saturated heterocycles. The molecule has 1 aromatic carbocycles. The van der Waals surface area contributed by atoms with Gasteiger partial charge < -0.3 is 4.57 Å². The number of aromatic nitrogens is 3. The third-order valence-corrected chi connectivity index (χ3v) is 3.57. The smallest absolute Gasteiger partial charge is 0.257 e. The number of pyridine rings is 1. The van der Waals surface area contributed by atoms with Gasteiger partial charge in [-0.15, -0.1) is 0 Å². The highest BCUT2D eigenvalue weighted by Crippen LogP contribution is 2.12. The summed E-state index contributed by atoms with van der Waals surface area (Å²) in [5.74, 6) is 0.0640. The van der Waals surface area contributed by atoms with Crippen molar-refractivity contribution in [1.82, 2.24) is 14.5 Å². The number of Topliss-reactive ketones (excluding diaryl/α,β-unsaturated/α-hetero) is 1. The highest BCUT2D eigenvalue weighted by atomic mass is 16.2. The number of ketones is 1. The molecule has 0 radical (unpaired) electrons. The van der Waals surface area contributed by atoms with Gasteiger partial charge in [0.1, 0.15) is 0 Å². The first kappa shape index (κ1) is 15.6. The van der Waals surface area contributed by atoms with Crippen molar-refractivity contribution in [2.24, 2.45) is 0 Å². The SMILES string of the molecule is CC(=O)c1cccc(C(=O)Nc2nccn2Cc2ccncc2)c1. The summed E-state index contributed by atoms with van der Waals surface area (Å²) < 4.78 is 1.84. The first-order valence-corrected chi connectivity index (χ1v) is 7.46. The van der Waals surface area contributed by atoms with Crippen LogP contribution in [0.5, 0.6) is 0 Å². The van der Waals surface area contributed by atoms with Crippen LogP contribution in [0.1, 0.15) is 33.2 Å². The van der Waals surface area contributed by atoms with Crippen LogP contribution in [0, 0.1) is 0 Å². The Balaban J connectivity index is 1.77. The lowest BCUT2D eigenvalue weighted by Gasteiger charge is -2.09. The van der Waals surface area contributed by atoms with E-state index in [1.54, 1.807) is 49.1 Å². The van der Waals surface area contributed by atoms with Crippen LogP contribution in [-0.4, -0.2) is 26.2 Å². The predicted molar refractivity (Wildman–Crippen MR) is 90.0 cm³/mol. The highest BCUT2D eigenvalue weighted by molar-refractivity contribution is 6.05. The fourth-order valence-electron chi connectivity index (χ4n) is 2.30. The van der Waals surface area contributed by atoms with Crippen LogP contribution in [0.4, 0.5) is 5.95 Å². The Morgan fingerprint density at radius 2 is 1.83 bits per heavy atom. The second kappa shape index (κ2) is 6.87. The Kier molecular flexibility index (Phi) is 4.47. The summed E-state index contributed by atoms with van der Waals surface area (Å²) in [7, 11) is 0. The second-order valence-corrected chi connectivity index (χ2v) is 5.33. The zero-order chi connectivity index (χ0) is 16.9. The molecule has 3 aromatic rings. The molecule has 0 saturated carbocycles. The van der Waals surface area contributed by atoms with Gasteiger partial charge >= 0.3 is 0 Å². The minimum absolute atomic E-state index is 0.0798. The Hall–Kier alpha value is -3.28. The maximum atomic E-state index is 12.4. The van der Waals surface area contributed by atoms with Gasteiger partial charge in [-0.1, -0.05) is 12.1 Å². The fourth-order valence-corrected chi connectivity index (χ4v) is 2.30. The summed E-state index contributed by atoms with van der Waals surface area (Å²) >= 11 is 0. The van der Waals surface area contributed by atoms with E-state index in [1.165, 1.54) is 6.92 Å². The molecule has 0 fully saturated rings. The van der Waals surface area contributed by atoms with Gasteiger partial charge in [0.15, 0.2) is 5.78 Å². The molecule has 24 heavy (non-hydrogen) atoms. The van der Waals surface area contributed by atoms with E-state index in [9.17, 15) is 9.59 Å². The number of imidazole rings is 1. The van der Waals surface area contributed by atoms with Crippen molar-refractivity contribution in [1.29, 1.82) is 0 Å². The summed E-state index contributed by atoms with van der Waals surface area (Å²) in [6, 6.07) is 10.4. The molecular formula is C18H16N4O2. The summed E-state index contributed by atoms with van der Waals surface area (Å²) in [6.45, 7) is 2.05. The molecule has 1 N–H and O–H groups in total. The average molecular weight is 320 g/mol. The maximum Gasteiger partial charge on any atom is 0.257 e. The molecule has 0 atom stereocenters. The van der Waals surface area contributed by atoms with E-state index in [4.69, 9.17) is 0 Å². The lowest BCUT2D eigenvalue weighted by molar-refractivity contribution is 0.101. The van der Waals surface area contributed by atoms with Gasteiger partial charge in [0, 0.05) is 35.9 Å². The van der Waals surface area contributed by atoms with Crippen molar-refractivity contribution in [2.75, 3.05) is 5.32 Å². The fraction of sp³-hybridized carbons (Fsp3) is 0.111. The largest absolute Gasteiger partial charge is 0.313 e. The van der Waals surface area contributed by atoms with Crippen LogP contribution in [-0.2, 0) is 6.54 Å². The zero-order valence-electron chi connectivity index (χ0n) is 13.1. The first-order valence-electron chi connectivity index (χ1n) is 7.46. The lowest BCUT2D eigenvalue weighted by atomic mass is 10.1. The van der Waals surface area contributed by atoms with Gasteiger partial charge in [-0.05, 0) is 36.8 Å². The van der Waals surface area contributed by atoms with Crippen LogP contribution >= 0.6 is 0 Å². The van der Waals surface area contributed by atoms with Crippen LogP contribution in [0.2, 0.25) is 0 Å². The van der Waals surface area contributed by atoms with E-state index in [-0.39, 0.29) is 11.7 Å². The second-order valence-electron chi connectivity index (χ2n) is 5.33. The summed E-state index contributed by atoms with van der Waals surface area (Å²) in [5.41, 5.74) is 1.97. The minimum Gasteiger partial charge on any atom is -0.313 e. The van der Waals surface area contributed by atoms with Crippen molar-refractivity contribution in [2.45, 2.75) is 13.5 Å². The molecule has 0 aliphatic heterocycles. The molecule has 1 amide bonds. The zero-order valence-corrected chi connectivity index (χ0v) is 13.1. The monoisotopic (exact) mass is 320 g/mol. The van der Waals surface area contributed by atoms with E-state index in [1.807, 2.05) is 16.7 Å². The number of nitrogens with one attached hydrogen (secondary N) is 1. The Morgan fingerprint density at radius 1 is 1.08 bits per heavy atom. The molecule has 6 nitrogen and oxygen atoms in total. The van der Waals surface area contributed by atoms with Gasteiger partial charge in [0.25, 0.3) is 5.91 Å². The van der Waals surface area contributed by atoms with Crippen molar-refractivity contribution in [3.05, 3.63) is 77.9 Å². The van der Waals surface area contributed by atoms with Crippen molar-refractivity contribution < 1.29 is 9.59 Å². The Morgan fingerprint density at radius 3 is 2.58 bits per heavy atom. The number of rotatable bonds is 5. The van der Waals surface area contributed by atoms with Gasteiger partial charge in [-0.3, -0.25) is 19.9 Å². The van der Waals surface area contributed by atoms with E-state index < -0.39 is 0 Å². The third-order valence-electron chi connectivity index (χ3n) is 3.57. The number of anilines is 1.